The number of hydrogen-bond donors (Lipinski definition) is 2. The Bertz CT molecular complexity index is 276. The first kappa shape index (κ1) is 12.0. The third-order valence-corrected chi connectivity index (χ3v) is 2.21. The standard InChI is InChI=1S/C12H19NO2/c13-10-11-5-4-6-12(9-11)15-8-3-1-2-7-14/h4-6,9,14H,1-3,7-8,10,13H2. The van der Waals surface area contributed by atoms with Crippen molar-refractivity contribution in [1.82, 2.24) is 0 Å². The molecule has 0 atom stereocenters. The number of benzene rings is 1. The maximum atomic E-state index is 8.60. The number of aliphatic hydroxyl groups excluding tert-OH is 1. The summed E-state index contributed by atoms with van der Waals surface area (Å²) in [7, 11) is 0. The Morgan fingerprint density at radius 2 is 2.07 bits per heavy atom. The van der Waals surface area contributed by atoms with Crippen LogP contribution in [0.5, 0.6) is 5.75 Å². The maximum Gasteiger partial charge on any atom is 0.119 e. The van der Waals surface area contributed by atoms with Crippen LogP contribution in [0.3, 0.4) is 0 Å². The Kier molecular flexibility index (Phi) is 5.81. The highest BCUT2D eigenvalue weighted by Gasteiger charge is 1.95. The van der Waals surface area contributed by atoms with Crippen molar-refractivity contribution in [1.29, 1.82) is 0 Å². The van der Waals surface area contributed by atoms with Crippen molar-refractivity contribution in [3.8, 4) is 5.75 Å². The summed E-state index contributed by atoms with van der Waals surface area (Å²) in [4.78, 5) is 0. The highest BCUT2D eigenvalue weighted by molar-refractivity contribution is 5.28. The summed E-state index contributed by atoms with van der Waals surface area (Å²) in [5.74, 6) is 0.877. The summed E-state index contributed by atoms with van der Waals surface area (Å²) < 4.78 is 5.56. The van der Waals surface area contributed by atoms with Crippen molar-refractivity contribution >= 4 is 0 Å². The second-order valence-electron chi connectivity index (χ2n) is 3.48. The molecule has 0 aliphatic heterocycles. The number of nitrogens with two attached hydrogens (primary N) is 1. The first-order valence-electron chi connectivity index (χ1n) is 5.39. The summed E-state index contributed by atoms with van der Waals surface area (Å²) in [6.07, 6.45) is 2.84. The zero-order valence-electron chi connectivity index (χ0n) is 8.98. The van der Waals surface area contributed by atoms with Crippen molar-refractivity contribution in [3.63, 3.8) is 0 Å². The normalized spacial score (nSPS) is 10.3. The third kappa shape index (κ3) is 4.81. The fourth-order valence-electron chi connectivity index (χ4n) is 1.34. The largest absolute Gasteiger partial charge is 0.494 e. The van der Waals surface area contributed by atoms with Crippen LogP contribution < -0.4 is 10.5 Å². The summed E-state index contributed by atoms with van der Waals surface area (Å²) in [6, 6.07) is 7.83. The molecule has 0 saturated carbocycles. The van der Waals surface area contributed by atoms with E-state index in [9.17, 15) is 0 Å². The quantitative estimate of drug-likeness (QED) is 0.672. The molecule has 0 aliphatic carbocycles. The number of hydrogen-bond acceptors (Lipinski definition) is 3. The maximum absolute atomic E-state index is 8.60. The average molecular weight is 209 g/mol. The molecule has 0 amide bonds. The van der Waals surface area contributed by atoms with Gasteiger partial charge in [-0.1, -0.05) is 12.1 Å². The van der Waals surface area contributed by atoms with Crippen molar-refractivity contribution in [2.75, 3.05) is 13.2 Å². The van der Waals surface area contributed by atoms with Crippen molar-refractivity contribution in [3.05, 3.63) is 29.8 Å². The number of rotatable bonds is 7. The third-order valence-electron chi connectivity index (χ3n) is 2.21. The van der Waals surface area contributed by atoms with E-state index in [1.807, 2.05) is 24.3 Å². The van der Waals surface area contributed by atoms with Gasteiger partial charge in [0.2, 0.25) is 0 Å². The lowest BCUT2D eigenvalue weighted by Gasteiger charge is -2.06. The zero-order valence-corrected chi connectivity index (χ0v) is 8.98. The van der Waals surface area contributed by atoms with Crippen LogP contribution in [-0.4, -0.2) is 18.3 Å². The smallest absolute Gasteiger partial charge is 0.119 e. The molecule has 3 N–H and O–H groups in total. The molecule has 1 aromatic rings. The second-order valence-corrected chi connectivity index (χ2v) is 3.48. The van der Waals surface area contributed by atoms with E-state index in [-0.39, 0.29) is 6.61 Å². The minimum Gasteiger partial charge on any atom is -0.494 e. The van der Waals surface area contributed by atoms with E-state index < -0.39 is 0 Å². The molecule has 0 heterocycles. The fourth-order valence-corrected chi connectivity index (χ4v) is 1.34. The number of aliphatic hydroxyl groups is 1. The molecule has 3 nitrogen and oxygen atoms in total. The minimum absolute atomic E-state index is 0.267. The Morgan fingerprint density at radius 1 is 1.20 bits per heavy atom. The van der Waals surface area contributed by atoms with Crippen LogP contribution in [0.1, 0.15) is 24.8 Å². The van der Waals surface area contributed by atoms with Crippen molar-refractivity contribution in [2.45, 2.75) is 25.8 Å². The van der Waals surface area contributed by atoms with Gasteiger partial charge in [0.25, 0.3) is 0 Å². The lowest BCUT2D eigenvalue weighted by atomic mass is 10.2. The molecule has 0 saturated heterocycles. The van der Waals surface area contributed by atoms with Gasteiger partial charge in [-0.3, -0.25) is 0 Å². The molecule has 0 unspecified atom stereocenters. The van der Waals surface area contributed by atoms with Crippen LogP contribution >= 0.6 is 0 Å². The van der Waals surface area contributed by atoms with Crippen molar-refractivity contribution < 1.29 is 9.84 Å². The fraction of sp³-hybridized carbons (Fsp3) is 0.500. The van der Waals surface area contributed by atoms with Crippen LogP contribution in [0.4, 0.5) is 0 Å². The molecule has 0 radical (unpaired) electrons. The summed E-state index contributed by atoms with van der Waals surface area (Å²) >= 11 is 0. The molecule has 1 aromatic carbocycles. The van der Waals surface area contributed by atoms with Gasteiger partial charge in [-0.05, 0) is 37.0 Å². The van der Waals surface area contributed by atoms with E-state index in [1.54, 1.807) is 0 Å². The zero-order chi connectivity index (χ0) is 10.9. The van der Waals surface area contributed by atoms with E-state index >= 15 is 0 Å². The minimum atomic E-state index is 0.267. The van der Waals surface area contributed by atoms with Gasteiger partial charge in [-0.2, -0.15) is 0 Å². The highest BCUT2D eigenvalue weighted by atomic mass is 16.5. The Balaban J connectivity index is 2.24. The van der Waals surface area contributed by atoms with E-state index in [4.69, 9.17) is 15.6 Å². The average Bonchev–Trinajstić information content (AvgIpc) is 2.29. The van der Waals surface area contributed by atoms with Gasteiger partial charge in [0.15, 0.2) is 0 Å². The lowest BCUT2D eigenvalue weighted by molar-refractivity contribution is 0.266. The molecule has 3 heteroatoms. The summed E-state index contributed by atoms with van der Waals surface area (Å²) in [6.45, 7) is 1.51. The van der Waals surface area contributed by atoms with Gasteiger partial charge in [0, 0.05) is 13.2 Å². The summed E-state index contributed by atoms with van der Waals surface area (Å²) in [5, 5.41) is 8.60. The Morgan fingerprint density at radius 3 is 2.80 bits per heavy atom. The molecule has 0 spiro atoms. The van der Waals surface area contributed by atoms with Gasteiger partial charge in [-0.25, -0.2) is 0 Å². The predicted octanol–water partition coefficient (Wildman–Crippen LogP) is 1.69. The van der Waals surface area contributed by atoms with Crippen LogP contribution in [0, 0.1) is 0 Å². The summed E-state index contributed by atoms with van der Waals surface area (Å²) in [5.41, 5.74) is 6.62. The van der Waals surface area contributed by atoms with Gasteiger partial charge in [0.05, 0.1) is 6.61 Å². The van der Waals surface area contributed by atoms with E-state index in [1.165, 1.54) is 0 Å². The van der Waals surface area contributed by atoms with E-state index in [0.717, 1.165) is 30.6 Å². The highest BCUT2D eigenvalue weighted by Crippen LogP contribution is 2.13. The van der Waals surface area contributed by atoms with Gasteiger partial charge in [0.1, 0.15) is 5.75 Å². The first-order valence-corrected chi connectivity index (χ1v) is 5.39. The van der Waals surface area contributed by atoms with Crippen LogP contribution in [0.25, 0.3) is 0 Å². The van der Waals surface area contributed by atoms with Gasteiger partial charge < -0.3 is 15.6 Å². The number of unbranched alkanes of at least 4 members (excludes halogenated alkanes) is 2. The van der Waals surface area contributed by atoms with Crippen molar-refractivity contribution in [2.24, 2.45) is 5.73 Å². The monoisotopic (exact) mass is 209 g/mol. The first-order chi connectivity index (χ1) is 7.36. The molecule has 15 heavy (non-hydrogen) atoms. The molecule has 0 fully saturated rings. The SMILES string of the molecule is NCc1cccc(OCCCCCO)c1. The molecule has 1 rings (SSSR count). The molecular formula is C12H19NO2. The Hall–Kier alpha value is -1.06. The number of ether oxygens (including phenoxy) is 1. The topological polar surface area (TPSA) is 55.5 Å². The van der Waals surface area contributed by atoms with E-state index in [0.29, 0.717) is 13.2 Å². The van der Waals surface area contributed by atoms with Crippen LogP contribution in [0.15, 0.2) is 24.3 Å². The Labute approximate surface area is 90.9 Å². The van der Waals surface area contributed by atoms with Crippen LogP contribution in [0.2, 0.25) is 0 Å². The van der Waals surface area contributed by atoms with Crippen LogP contribution in [-0.2, 0) is 6.54 Å². The molecule has 0 bridgehead atoms. The molecular weight excluding hydrogens is 190 g/mol. The lowest BCUT2D eigenvalue weighted by Crippen LogP contribution is -2.00. The molecule has 0 aliphatic rings. The van der Waals surface area contributed by atoms with Gasteiger partial charge in [-0.15, -0.1) is 0 Å². The molecule has 0 aromatic heterocycles. The molecule has 84 valence electrons. The second kappa shape index (κ2) is 7.26. The predicted molar refractivity (Wildman–Crippen MR) is 60.8 cm³/mol. The van der Waals surface area contributed by atoms with E-state index in [2.05, 4.69) is 0 Å². The van der Waals surface area contributed by atoms with Gasteiger partial charge >= 0.3 is 0 Å².